The lowest BCUT2D eigenvalue weighted by molar-refractivity contribution is -0.0346. The van der Waals surface area contributed by atoms with Crippen LogP contribution in [-0.2, 0) is 6.54 Å². The minimum Gasteiger partial charge on any atom is -0.459 e. The van der Waals surface area contributed by atoms with E-state index in [0.717, 1.165) is 61.2 Å². The zero-order chi connectivity index (χ0) is 20.7. The fourth-order valence-electron chi connectivity index (χ4n) is 5.04. The Hall–Kier alpha value is -2.71. The number of likely N-dealkylation sites (tertiary alicyclic amines) is 2. The molecule has 0 aromatic carbocycles. The third-order valence-electron chi connectivity index (χ3n) is 6.68. The minimum atomic E-state index is -0.493. The van der Waals surface area contributed by atoms with Crippen molar-refractivity contribution in [1.82, 2.24) is 25.0 Å². The average Bonchev–Trinajstić information content (AvgIpc) is 3.35. The van der Waals surface area contributed by atoms with E-state index in [1.54, 1.807) is 23.4 Å². The van der Waals surface area contributed by atoms with Crippen LogP contribution in [0.5, 0.6) is 0 Å². The Morgan fingerprint density at radius 1 is 1.37 bits per heavy atom. The van der Waals surface area contributed by atoms with Crippen molar-refractivity contribution in [3.63, 3.8) is 0 Å². The number of aromatic amines is 1. The molecule has 0 aliphatic carbocycles. The van der Waals surface area contributed by atoms with Crippen LogP contribution in [0.4, 0.5) is 0 Å². The van der Waals surface area contributed by atoms with Gasteiger partial charge in [0, 0.05) is 36.8 Å². The maximum absolute atomic E-state index is 12.9. The van der Waals surface area contributed by atoms with Gasteiger partial charge in [-0.2, -0.15) is 5.10 Å². The van der Waals surface area contributed by atoms with Gasteiger partial charge in [-0.1, -0.05) is 0 Å². The lowest BCUT2D eigenvalue weighted by Gasteiger charge is -2.49. The Bertz CT molecular complexity index is 1050. The summed E-state index contributed by atoms with van der Waals surface area (Å²) in [6.07, 6.45) is 5.46. The molecule has 3 aromatic rings. The summed E-state index contributed by atoms with van der Waals surface area (Å²) in [6.45, 7) is 5.57. The van der Waals surface area contributed by atoms with Crippen molar-refractivity contribution >= 4 is 16.9 Å². The fraction of sp³-hybridized carbons (Fsp3) is 0.500. The van der Waals surface area contributed by atoms with Crippen LogP contribution in [0.15, 0.2) is 35.1 Å². The maximum atomic E-state index is 12.9. The van der Waals surface area contributed by atoms with Crippen molar-refractivity contribution in [3.05, 3.63) is 47.7 Å². The number of nitrogens with one attached hydrogen (secondary N) is 1. The van der Waals surface area contributed by atoms with Crippen molar-refractivity contribution in [2.45, 2.75) is 38.8 Å². The third kappa shape index (κ3) is 3.50. The first-order valence-corrected chi connectivity index (χ1v) is 10.5. The molecule has 1 amide bonds. The number of rotatable bonds is 3. The van der Waals surface area contributed by atoms with E-state index in [-0.39, 0.29) is 11.3 Å². The Morgan fingerprint density at radius 2 is 2.20 bits per heavy atom. The van der Waals surface area contributed by atoms with Gasteiger partial charge in [-0.25, -0.2) is 4.98 Å². The number of H-pyrrole nitrogens is 1. The predicted octanol–water partition coefficient (Wildman–Crippen LogP) is 2.35. The summed E-state index contributed by atoms with van der Waals surface area (Å²) in [5, 5.41) is 19.0. The van der Waals surface area contributed by atoms with Crippen LogP contribution < -0.4 is 0 Å². The van der Waals surface area contributed by atoms with E-state index in [0.29, 0.717) is 18.8 Å². The molecular formula is C22H27N5O3. The molecule has 1 unspecified atom stereocenters. The van der Waals surface area contributed by atoms with Gasteiger partial charge >= 0.3 is 0 Å². The third-order valence-corrected chi connectivity index (χ3v) is 6.68. The number of hydrogen-bond donors (Lipinski definition) is 2. The van der Waals surface area contributed by atoms with E-state index in [1.165, 1.54) is 0 Å². The highest BCUT2D eigenvalue weighted by atomic mass is 16.3. The van der Waals surface area contributed by atoms with Gasteiger partial charge in [0.2, 0.25) is 0 Å². The van der Waals surface area contributed by atoms with E-state index < -0.39 is 6.10 Å². The summed E-state index contributed by atoms with van der Waals surface area (Å²) < 4.78 is 5.41. The van der Waals surface area contributed by atoms with E-state index in [1.807, 2.05) is 19.1 Å². The molecule has 30 heavy (non-hydrogen) atoms. The summed E-state index contributed by atoms with van der Waals surface area (Å²) >= 11 is 0. The highest BCUT2D eigenvalue weighted by Gasteiger charge is 2.43. The van der Waals surface area contributed by atoms with E-state index >= 15 is 0 Å². The molecule has 0 saturated carbocycles. The standard InChI is InChI=1S/C22H27N5O3/c1-15-4-10-30-19(15)21(29)27-12-16(28)11-22(14-27)5-8-26(9-6-22)13-18-17-3-2-7-23-20(17)25-24-18/h2-4,7,10,16,28H,5-6,8-9,11-14H2,1H3,(H,23,24,25). The van der Waals surface area contributed by atoms with Crippen molar-refractivity contribution in [2.24, 2.45) is 5.41 Å². The molecule has 2 fully saturated rings. The number of aryl methyl sites for hydroxylation is 1. The number of carbonyl (C=O) groups is 1. The molecule has 1 atom stereocenters. The second-order valence-corrected chi connectivity index (χ2v) is 8.83. The Morgan fingerprint density at radius 3 is 2.97 bits per heavy atom. The summed E-state index contributed by atoms with van der Waals surface area (Å²) in [7, 11) is 0. The molecule has 2 saturated heterocycles. The SMILES string of the molecule is Cc1ccoc1C(=O)N1CC(O)CC2(CCN(Cc3[nH]nc4ncccc34)CC2)C1. The minimum absolute atomic E-state index is 0.0397. The number of β-amino-alcohol motifs (C(OH)–C–C–N with tert-alkyl or cyclic N) is 1. The number of fused-ring (bicyclic) bond motifs is 1. The molecule has 0 radical (unpaired) electrons. The zero-order valence-electron chi connectivity index (χ0n) is 17.2. The quantitative estimate of drug-likeness (QED) is 0.689. The number of amides is 1. The molecular weight excluding hydrogens is 382 g/mol. The lowest BCUT2D eigenvalue weighted by atomic mass is 9.71. The van der Waals surface area contributed by atoms with Crippen LogP contribution in [0.1, 0.15) is 41.1 Å². The predicted molar refractivity (Wildman–Crippen MR) is 111 cm³/mol. The molecule has 8 nitrogen and oxygen atoms in total. The molecule has 5 heterocycles. The number of furan rings is 1. The van der Waals surface area contributed by atoms with Crippen LogP contribution in [-0.4, -0.2) is 68.3 Å². The molecule has 3 aromatic heterocycles. The number of pyridine rings is 1. The van der Waals surface area contributed by atoms with E-state index in [9.17, 15) is 9.90 Å². The monoisotopic (exact) mass is 409 g/mol. The van der Waals surface area contributed by atoms with Crippen LogP contribution in [0.2, 0.25) is 0 Å². The molecule has 5 rings (SSSR count). The van der Waals surface area contributed by atoms with E-state index in [4.69, 9.17) is 4.42 Å². The lowest BCUT2D eigenvalue weighted by Crippen LogP contribution is -2.55. The summed E-state index contributed by atoms with van der Waals surface area (Å²) in [5.74, 6) is 0.269. The Labute approximate surface area is 174 Å². The van der Waals surface area contributed by atoms with Gasteiger partial charge in [-0.3, -0.25) is 14.8 Å². The number of hydrogen-bond acceptors (Lipinski definition) is 6. The van der Waals surface area contributed by atoms with Crippen molar-refractivity contribution in [1.29, 1.82) is 0 Å². The number of aliphatic hydroxyl groups excluding tert-OH is 1. The van der Waals surface area contributed by atoms with Crippen LogP contribution >= 0.6 is 0 Å². The highest BCUT2D eigenvalue weighted by molar-refractivity contribution is 5.93. The zero-order valence-corrected chi connectivity index (χ0v) is 17.2. The number of aromatic nitrogens is 3. The highest BCUT2D eigenvalue weighted by Crippen LogP contribution is 2.40. The smallest absolute Gasteiger partial charge is 0.289 e. The van der Waals surface area contributed by atoms with Gasteiger partial charge in [-0.15, -0.1) is 0 Å². The topological polar surface area (TPSA) is 98.5 Å². The van der Waals surface area contributed by atoms with Crippen molar-refractivity contribution in [2.75, 3.05) is 26.2 Å². The summed E-state index contributed by atoms with van der Waals surface area (Å²) in [5.41, 5.74) is 2.63. The largest absolute Gasteiger partial charge is 0.459 e. The van der Waals surface area contributed by atoms with Crippen molar-refractivity contribution < 1.29 is 14.3 Å². The normalized spacial score (nSPS) is 22.1. The van der Waals surface area contributed by atoms with E-state index in [2.05, 4.69) is 20.1 Å². The van der Waals surface area contributed by atoms with Gasteiger partial charge < -0.3 is 14.4 Å². The molecule has 8 heteroatoms. The molecule has 2 aliphatic heterocycles. The first-order valence-electron chi connectivity index (χ1n) is 10.5. The molecule has 1 spiro atoms. The number of carbonyl (C=O) groups excluding carboxylic acids is 1. The van der Waals surface area contributed by atoms with Crippen LogP contribution in [0.25, 0.3) is 11.0 Å². The summed E-state index contributed by atoms with van der Waals surface area (Å²) in [6, 6.07) is 5.78. The second kappa shape index (κ2) is 7.52. The van der Waals surface area contributed by atoms with Crippen molar-refractivity contribution in [3.8, 4) is 0 Å². The first-order chi connectivity index (χ1) is 14.5. The van der Waals surface area contributed by atoms with Crippen LogP contribution in [0, 0.1) is 12.3 Å². The first kappa shape index (κ1) is 19.3. The van der Waals surface area contributed by atoms with Gasteiger partial charge in [0.1, 0.15) is 0 Å². The number of aliphatic hydroxyl groups is 1. The number of piperidine rings is 2. The van der Waals surface area contributed by atoms with Gasteiger partial charge in [-0.05, 0) is 62.9 Å². The maximum Gasteiger partial charge on any atom is 0.289 e. The average molecular weight is 409 g/mol. The van der Waals surface area contributed by atoms with Crippen LogP contribution in [0.3, 0.4) is 0 Å². The van der Waals surface area contributed by atoms with Gasteiger partial charge in [0.05, 0.1) is 18.1 Å². The molecule has 158 valence electrons. The van der Waals surface area contributed by atoms with Gasteiger partial charge in [0.25, 0.3) is 5.91 Å². The second-order valence-electron chi connectivity index (χ2n) is 8.83. The Kier molecular flexibility index (Phi) is 4.83. The summed E-state index contributed by atoms with van der Waals surface area (Å²) in [4.78, 5) is 21.4. The number of nitrogens with zero attached hydrogens (tertiary/aromatic N) is 4. The Balaban J connectivity index is 1.26. The molecule has 2 N–H and O–H groups in total. The molecule has 2 aliphatic rings. The molecule has 0 bridgehead atoms. The van der Waals surface area contributed by atoms with Gasteiger partial charge in [0.15, 0.2) is 11.4 Å². The fourth-order valence-corrected chi connectivity index (χ4v) is 5.04.